The Morgan fingerprint density at radius 1 is 1.05 bits per heavy atom. The van der Waals surface area contributed by atoms with Crippen molar-refractivity contribution in [1.82, 2.24) is 0 Å². The Hall–Kier alpha value is -1.42. The molecule has 0 unspecified atom stereocenters. The van der Waals surface area contributed by atoms with Crippen LogP contribution in [0.2, 0.25) is 15.1 Å². The minimum Gasteiger partial charge on any atom is -0.457 e. The summed E-state index contributed by atoms with van der Waals surface area (Å²) < 4.78 is 5.16. The number of benzene rings is 2. The van der Waals surface area contributed by atoms with Gasteiger partial charge in [0.15, 0.2) is 0 Å². The summed E-state index contributed by atoms with van der Waals surface area (Å²) >= 11 is 17.8. The lowest BCUT2D eigenvalue weighted by Gasteiger charge is -2.08. The second-order valence-corrected chi connectivity index (χ2v) is 5.30. The van der Waals surface area contributed by atoms with E-state index in [0.717, 1.165) is 0 Å². The molecule has 2 rings (SSSR count). The lowest BCUT2D eigenvalue weighted by atomic mass is 10.2. The molecule has 0 aliphatic heterocycles. The quantitative estimate of drug-likeness (QED) is 0.661. The number of hydrogen-bond donors (Lipinski definition) is 1. The van der Waals surface area contributed by atoms with E-state index in [2.05, 4.69) is 0 Å². The molecule has 2 aromatic rings. The van der Waals surface area contributed by atoms with Crippen molar-refractivity contribution >= 4 is 46.5 Å². The van der Waals surface area contributed by atoms with E-state index in [4.69, 9.17) is 45.3 Å². The molecule has 20 heavy (non-hydrogen) atoms. The zero-order valence-electron chi connectivity index (χ0n) is 10.2. The van der Waals surface area contributed by atoms with Crippen LogP contribution >= 0.6 is 34.8 Å². The highest BCUT2D eigenvalue weighted by Crippen LogP contribution is 2.23. The van der Waals surface area contributed by atoms with Crippen molar-refractivity contribution < 1.29 is 9.53 Å². The largest absolute Gasteiger partial charge is 0.457 e. The molecule has 0 bridgehead atoms. The van der Waals surface area contributed by atoms with Crippen LogP contribution < -0.4 is 5.73 Å². The van der Waals surface area contributed by atoms with E-state index < -0.39 is 5.97 Å². The second kappa shape index (κ2) is 6.35. The molecule has 3 nitrogen and oxygen atoms in total. The topological polar surface area (TPSA) is 52.3 Å². The van der Waals surface area contributed by atoms with Gasteiger partial charge < -0.3 is 10.5 Å². The summed E-state index contributed by atoms with van der Waals surface area (Å²) in [5, 5.41) is 1.24. The zero-order valence-corrected chi connectivity index (χ0v) is 12.5. The maximum absolute atomic E-state index is 11.9. The van der Waals surface area contributed by atoms with Gasteiger partial charge in [0.25, 0.3) is 0 Å². The molecule has 0 radical (unpaired) electrons. The van der Waals surface area contributed by atoms with Crippen LogP contribution in [0.4, 0.5) is 5.69 Å². The number of halogens is 3. The predicted molar refractivity (Wildman–Crippen MR) is 81.4 cm³/mol. The number of carbonyl (C=O) groups excluding carboxylic acids is 1. The van der Waals surface area contributed by atoms with Crippen LogP contribution in [0.25, 0.3) is 0 Å². The smallest absolute Gasteiger partial charge is 0.339 e. The maximum Gasteiger partial charge on any atom is 0.339 e. The van der Waals surface area contributed by atoms with E-state index in [9.17, 15) is 4.79 Å². The fourth-order valence-corrected chi connectivity index (χ4v) is 2.20. The number of esters is 1. The third kappa shape index (κ3) is 3.57. The Morgan fingerprint density at radius 2 is 1.80 bits per heavy atom. The molecular weight excluding hydrogens is 321 g/mol. The lowest BCUT2D eigenvalue weighted by molar-refractivity contribution is 0.0473. The molecule has 104 valence electrons. The molecule has 0 saturated carbocycles. The monoisotopic (exact) mass is 329 g/mol. The third-order valence-corrected chi connectivity index (χ3v) is 3.50. The molecule has 0 heterocycles. The van der Waals surface area contributed by atoms with E-state index in [1.54, 1.807) is 24.3 Å². The van der Waals surface area contributed by atoms with Gasteiger partial charge in [-0.05, 0) is 36.4 Å². The van der Waals surface area contributed by atoms with Gasteiger partial charge in [-0.2, -0.15) is 0 Å². The summed E-state index contributed by atoms with van der Waals surface area (Å²) in [4.78, 5) is 11.9. The zero-order chi connectivity index (χ0) is 14.7. The molecule has 2 N–H and O–H groups in total. The summed E-state index contributed by atoms with van der Waals surface area (Å²) in [6, 6.07) is 9.52. The molecule has 0 aromatic heterocycles. The molecular formula is C14H10Cl3NO2. The third-order valence-electron chi connectivity index (χ3n) is 2.58. The average Bonchev–Trinajstić information content (AvgIpc) is 2.39. The van der Waals surface area contributed by atoms with E-state index in [1.165, 1.54) is 12.1 Å². The van der Waals surface area contributed by atoms with Gasteiger partial charge in [0.1, 0.15) is 6.61 Å². The molecule has 0 fully saturated rings. The molecule has 6 heteroatoms. The number of ether oxygens (including phenoxy) is 1. The van der Waals surface area contributed by atoms with E-state index in [1.807, 2.05) is 0 Å². The SMILES string of the molecule is Nc1ccc(C(=O)OCc2cc(Cl)ccc2Cl)c(Cl)c1. The van der Waals surface area contributed by atoms with Gasteiger partial charge in [-0.15, -0.1) is 0 Å². The van der Waals surface area contributed by atoms with Crippen LogP contribution in [0.15, 0.2) is 36.4 Å². The minimum atomic E-state index is -0.550. The standard InChI is InChI=1S/C14H10Cl3NO2/c15-9-1-4-12(16)8(5-9)7-20-14(19)11-3-2-10(18)6-13(11)17/h1-6H,7,18H2. The lowest BCUT2D eigenvalue weighted by Crippen LogP contribution is -2.06. The van der Waals surface area contributed by atoms with Gasteiger partial charge in [0.05, 0.1) is 10.6 Å². The van der Waals surface area contributed by atoms with Gasteiger partial charge in [0, 0.05) is 21.3 Å². The number of nitrogen functional groups attached to an aromatic ring is 1. The predicted octanol–water partition coefficient (Wildman–Crippen LogP) is 4.59. The first kappa shape index (κ1) is 15.0. The van der Waals surface area contributed by atoms with Crippen molar-refractivity contribution in [3.63, 3.8) is 0 Å². The molecule has 0 atom stereocenters. The average molecular weight is 331 g/mol. The molecule has 0 amide bonds. The van der Waals surface area contributed by atoms with Crippen LogP contribution in [-0.4, -0.2) is 5.97 Å². The van der Waals surface area contributed by atoms with Crippen molar-refractivity contribution in [3.8, 4) is 0 Å². The Bertz CT molecular complexity index is 659. The van der Waals surface area contributed by atoms with Gasteiger partial charge >= 0.3 is 5.97 Å². The number of hydrogen-bond acceptors (Lipinski definition) is 3. The van der Waals surface area contributed by atoms with E-state index >= 15 is 0 Å². The van der Waals surface area contributed by atoms with Crippen LogP contribution in [0, 0.1) is 0 Å². The first-order valence-corrected chi connectivity index (χ1v) is 6.77. The number of carbonyl (C=O) groups is 1. The highest BCUT2D eigenvalue weighted by atomic mass is 35.5. The van der Waals surface area contributed by atoms with Gasteiger partial charge in [-0.25, -0.2) is 4.79 Å². The second-order valence-electron chi connectivity index (χ2n) is 4.05. The summed E-state index contributed by atoms with van der Waals surface area (Å²) in [6.45, 7) is 0.0128. The van der Waals surface area contributed by atoms with Crippen molar-refractivity contribution in [1.29, 1.82) is 0 Å². The summed E-state index contributed by atoms with van der Waals surface area (Å²) in [6.07, 6.45) is 0. The van der Waals surface area contributed by atoms with E-state index in [-0.39, 0.29) is 17.2 Å². The number of nitrogens with two attached hydrogens (primary N) is 1. The maximum atomic E-state index is 11.9. The Labute approximate surface area is 131 Å². The first-order valence-electron chi connectivity index (χ1n) is 5.63. The first-order chi connectivity index (χ1) is 9.47. The van der Waals surface area contributed by atoms with Gasteiger partial charge in [0.2, 0.25) is 0 Å². The van der Waals surface area contributed by atoms with Crippen LogP contribution in [-0.2, 0) is 11.3 Å². The van der Waals surface area contributed by atoms with Crippen molar-refractivity contribution in [2.24, 2.45) is 0 Å². The van der Waals surface area contributed by atoms with Crippen LogP contribution in [0.3, 0.4) is 0 Å². The highest BCUT2D eigenvalue weighted by Gasteiger charge is 2.13. The van der Waals surface area contributed by atoms with E-state index in [0.29, 0.717) is 21.3 Å². The Kier molecular flexibility index (Phi) is 4.76. The fourth-order valence-electron chi connectivity index (χ4n) is 1.57. The molecule has 2 aromatic carbocycles. The Balaban J connectivity index is 2.10. The van der Waals surface area contributed by atoms with Crippen molar-refractivity contribution in [3.05, 3.63) is 62.6 Å². The van der Waals surface area contributed by atoms with Gasteiger partial charge in [-0.3, -0.25) is 0 Å². The molecule has 0 aliphatic rings. The van der Waals surface area contributed by atoms with Gasteiger partial charge in [-0.1, -0.05) is 34.8 Å². The number of anilines is 1. The normalized spacial score (nSPS) is 10.3. The summed E-state index contributed by atoms with van der Waals surface area (Å²) in [5.74, 6) is -0.550. The van der Waals surface area contributed by atoms with Crippen molar-refractivity contribution in [2.75, 3.05) is 5.73 Å². The van der Waals surface area contributed by atoms with Crippen LogP contribution in [0.1, 0.15) is 15.9 Å². The van der Waals surface area contributed by atoms with Crippen LogP contribution in [0.5, 0.6) is 0 Å². The minimum absolute atomic E-state index is 0.0128. The molecule has 0 spiro atoms. The fraction of sp³-hybridized carbons (Fsp3) is 0.0714. The molecule has 0 aliphatic carbocycles. The summed E-state index contributed by atoms with van der Waals surface area (Å²) in [7, 11) is 0. The highest BCUT2D eigenvalue weighted by molar-refractivity contribution is 6.34. The van der Waals surface area contributed by atoms with Crippen molar-refractivity contribution in [2.45, 2.75) is 6.61 Å². The Morgan fingerprint density at radius 3 is 2.50 bits per heavy atom. The summed E-state index contributed by atoms with van der Waals surface area (Å²) in [5.41, 5.74) is 6.91. The molecule has 0 saturated heterocycles. The number of rotatable bonds is 3.